The molecule has 3 aromatic rings. The van der Waals surface area contributed by atoms with Crippen molar-refractivity contribution in [3.8, 4) is 0 Å². The maximum absolute atomic E-state index is 4.85. The molecular weight excluding hydrogens is 230 g/mol. The van der Waals surface area contributed by atoms with Gasteiger partial charge in [-0.1, -0.05) is 18.3 Å². The lowest BCUT2D eigenvalue weighted by Gasteiger charge is -2.07. The van der Waals surface area contributed by atoms with E-state index in [0.717, 1.165) is 27.5 Å². The Kier molecular flexibility index (Phi) is 2.42. The molecule has 82 valence electrons. The van der Waals surface area contributed by atoms with Gasteiger partial charge in [0.2, 0.25) is 0 Å². The number of thiocarbonyl (C=S) groups is 1. The molecule has 2 aromatic heterocycles. The zero-order valence-corrected chi connectivity index (χ0v) is 9.74. The normalized spacial score (nSPS) is 10.6. The molecule has 1 aromatic carbocycles. The second kappa shape index (κ2) is 4.07. The van der Waals surface area contributed by atoms with Gasteiger partial charge < -0.3 is 5.32 Å². The summed E-state index contributed by atoms with van der Waals surface area (Å²) in [6.07, 6.45) is 3.56. The molecule has 17 heavy (non-hydrogen) atoms. The molecule has 1 N–H and O–H groups in total. The molecular formula is C13H9N3S. The van der Waals surface area contributed by atoms with Crippen LogP contribution >= 0.6 is 12.2 Å². The van der Waals surface area contributed by atoms with Crippen molar-refractivity contribution in [2.45, 2.75) is 0 Å². The number of hydrogen-bond acceptors (Lipinski definition) is 3. The van der Waals surface area contributed by atoms with Crippen LogP contribution in [0.25, 0.3) is 21.8 Å². The number of anilines is 1. The van der Waals surface area contributed by atoms with Crippen LogP contribution in [0.5, 0.6) is 0 Å². The van der Waals surface area contributed by atoms with Crippen LogP contribution in [-0.2, 0) is 0 Å². The number of benzene rings is 1. The Bertz CT molecular complexity index is 709. The van der Waals surface area contributed by atoms with Crippen molar-refractivity contribution in [2.75, 3.05) is 5.32 Å². The molecule has 0 bridgehead atoms. The number of nitrogens with zero attached hydrogens (tertiary/aromatic N) is 2. The smallest absolute Gasteiger partial charge is 0.0985 e. The van der Waals surface area contributed by atoms with E-state index in [0.29, 0.717) is 0 Å². The first-order valence-electron chi connectivity index (χ1n) is 5.23. The van der Waals surface area contributed by atoms with Crippen molar-refractivity contribution >= 4 is 45.2 Å². The van der Waals surface area contributed by atoms with Crippen LogP contribution in [0, 0.1) is 0 Å². The van der Waals surface area contributed by atoms with E-state index in [1.807, 2.05) is 30.3 Å². The molecule has 0 fully saturated rings. The van der Waals surface area contributed by atoms with Gasteiger partial charge in [-0.15, -0.1) is 0 Å². The first kappa shape index (κ1) is 10.1. The molecule has 0 spiro atoms. The van der Waals surface area contributed by atoms with Gasteiger partial charge in [-0.2, -0.15) is 0 Å². The number of nitrogens with one attached hydrogen (secondary N) is 1. The summed E-state index contributed by atoms with van der Waals surface area (Å²) in [5.74, 6) is 0. The molecule has 0 aliphatic rings. The summed E-state index contributed by atoms with van der Waals surface area (Å²) in [5, 5.41) is 5.15. The third-order valence-electron chi connectivity index (χ3n) is 2.68. The number of hydrogen-bond donors (Lipinski definition) is 1. The molecule has 4 heteroatoms. The van der Waals surface area contributed by atoms with Gasteiger partial charge >= 0.3 is 0 Å². The average molecular weight is 239 g/mol. The van der Waals surface area contributed by atoms with E-state index in [4.69, 9.17) is 12.2 Å². The standard InChI is InChI=1S/C13H9N3S/c17-8-16-11-7-9-3-1-5-14-12(9)13-10(11)4-2-6-15-13/h1-8H,(H,16,17). The fourth-order valence-corrected chi connectivity index (χ4v) is 2.09. The van der Waals surface area contributed by atoms with Gasteiger partial charge in [-0.25, -0.2) is 0 Å². The van der Waals surface area contributed by atoms with Gasteiger partial charge in [-0.05, 0) is 24.3 Å². The summed E-state index contributed by atoms with van der Waals surface area (Å²) >= 11 is 4.85. The topological polar surface area (TPSA) is 37.8 Å². The molecule has 0 amide bonds. The summed E-state index contributed by atoms with van der Waals surface area (Å²) in [5.41, 5.74) is 4.27. The summed E-state index contributed by atoms with van der Waals surface area (Å²) in [6, 6.07) is 9.89. The van der Waals surface area contributed by atoms with E-state index in [2.05, 4.69) is 15.3 Å². The van der Waals surface area contributed by atoms with Crippen molar-refractivity contribution in [3.05, 3.63) is 42.7 Å². The highest BCUT2D eigenvalue weighted by atomic mass is 32.1. The summed E-state index contributed by atoms with van der Waals surface area (Å²) in [4.78, 5) is 8.79. The Morgan fingerprint density at radius 2 is 1.82 bits per heavy atom. The predicted molar refractivity (Wildman–Crippen MR) is 74.3 cm³/mol. The molecule has 0 radical (unpaired) electrons. The zero-order chi connectivity index (χ0) is 11.7. The predicted octanol–water partition coefficient (Wildman–Crippen LogP) is 3.15. The van der Waals surface area contributed by atoms with E-state index in [1.54, 1.807) is 12.4 Å². The Morgan fingerprint density at radius 1 is 1.06 bits per heavy atom. The minimum Gasteiger partial charge on any atom is -0.352 e. The molecule has 0 unspecified atom stereocenters. The van der Waals surface area contributed by atoms with Crippen molar-refractivity contribution < 1.29 is 0 Å². The zero-order valence-electron chi connectivity index (χ0n) is 8.92. The van der Waals surface area contributed by atoms with Crippen molar-refractivity contribution in [1.82, 2.24) is 9.97 Å². The maximum Gasteiger partial charge on any atom is 0.0985 e. The summed E-state index contributed by atoms with van der Waals surface area (Å²) < 4.78 is 0. The van der Waals surface area contributed by atoms with Crippen molar-refractivity contribution in [3.63, 3.8) is 0 Å². The second-order valence-corrected chi connectivity index (χ2v) is 3.90. The third-order valence-corrected chi connectivity index (χ3v) is 2.79. The van der Waals surface area contributed by atoms with Crippen LogP contribution in [0.1, 0.15) is 0 Å². The highest BCUT2D eigenvalue weighted by Crippen LogP contribution is 2.28. The van der Waals surface area contributed by atoms with Gasteiger partial charge in [0.25, 0.3) is 0 Å². The largest absolute Gasteiger partial charge is 0.352 e. The van der Waals surface area contributed by atoms with Gasteiger partial charge in [0.05, 0.1) is 16.5 Å². The molecule has 2 heterocycles. The lowest BCUT2D eigenvalue weighted by atomic mass is 10.1. The van der Waals surface area contributed by atoms with Crippen LogP contribution in [0.15, 0.2) is 42.7 Å². The first-order valence-corrected chi connectivity index (χ1v) is 5.70. The van der Waals surface area contributed by atoms with Gasteiger partial charge in [0.1, 0.15) is 0 Å². The fraction of sp³-hybridized carbons (Fsp3) is 0. The lowest BCUT2D eigenvalue weighted by Crippen LogP contribution is -1.95. The van der Waals surface area contributed by atoms with Crippen LogP contribution in [0.2, 0.25) is 0 Å². The molecule has 0 atom stereocenters. The summed E-state index contributed by atoms with van der Waals surface area (Å²) in [6.45, 7) is 0. The Labute approximate surface area is 104 Å². The molecule has 3 rings (SSSR count). The van der Waals surface area contributed by atoms with Crippen LogP contribution < -0.4 is 5.32 Å². The van der Waals surface area contributed by atoms with E-state index in [1.165, 1.54) is 5.49 Å². The molecule has 0 saturated heterocycles. The Morgan fingerprint density at radius 3 is 2.65 bits per heavy atom. The number of fused-ring (bicyclic) bond motifs is 3. The van der Waals surface area contributed by atoms with E-state index < -0.39 is 0 Å². The van der Waals surface area contributed by atoms with E-state index >= 15 is 0 Å². The van der Waals surface area contributed by atoms with Crippen LogP contribution in [-0.4, -0.2) is 15.5 Å². The maximum atomic E-state index is 4.85. The SMILES string of the molecule is S=CNc1cc2cccnc2c2ncccc12. The van der Waals surface area contributed by atoms with E-state index in [9.17, 15) is 0 Å². The monoisotopic (exact) mass is 239 g/mol. The molecule has 3 nitrogen and oxygen atoms in total. The third kappa shape index (κ3) is 1.62. The number of rotatable bonds is 2. The highest BCUT2D eigenvalue weighted by Gasteiger charge is 2.06. The molecule has 0 saturated carbocycles. The van der Waals surface area contributed by atoms with E-state index in [-0.39, 0.29) is 0 Å². The van der Waals surface area contributed by atoms with Crippen molar-refractivity contribution in [1.29, 1.82) is 0 Å². The fourth-order valence-electron chi connectivity index (χ4n) is 1.96. The van der Waals surface area contributed by atoms with Gasteiger partial charge in [-0.3, -0.25) is 9.97 Å². The van der Waals surface area contributed by atoms with Crippen LogP contribution in [0.4, 0.5) is 5.69 Å². The quantitative estimate of drug-likeness (QED) is 0.550. The van der Waals surface area contributed by atoms with Crippen molar-refractivity contribution in [2.24, 2.45) is 0 Å². The summed E-state index contributed by atoms with van der Waals surface area (Å²) in [7, 11) is 0. The second-order valence-electron chi connectivity index (χ2n) is 3.66. The highest BCUT2D eigenvalue weighted by molar-refractivity contribution is 7.79. The number of aromatic nitrogens is 2. The Hall–Kier alpha value is -2.07. The minimum atomic E-state index is 0.893. The minimum absolute atomic E-state index is 0.893. The Balaban J connectivity index is 2.49. The van der Waals surface area contributed by atoms with Gasteiger partial charge in [0, 0.05) is 28.9 Å². The average Bonchev–Trinajstić information content (AvgIpc) is 2.39. The number of pyridine rings is 2. The molecule has 0 aliphatic heterocycles. The molecule has 0 aliphatic carbocycles. The first-order chi connectivity index (χ1) is 8.40. The van der Waals surface area contributed by atoms with Gasteiger partial charge in [0.15, 0.2) is 0 Å². The lowest BCUT2D eigenvalue weighted by molar-refractivity contribution is 1.37. The van der Waals surface area contributed by atoms with Crippen LogP contribution in [0.3, 0.4) is 0 Å².